The van der Waals surface area contributed by atoms with Gasteiger partial charge in [-0.15, -0.1) is 0 Å². The molecule has 7 heteroatoms. The maximum absolute atomic E-state index is 12.6. The highest BCUT2D eigenvalue weighted by Gasteiger charge is 2.23. The molecule has 2 amide bonds. The van der Waals surface area contributed by atoms with Crippen LogP contribution in [-0.4, -0.2) is 60.2 Å². The molecule has 0 atom stereocenters. The molecule has 2 aliphatic rings. The summed E-state index contributed by atoms with van der Waals surface area (Å²) < 4.78 is 0. The van der Waals surface area contributed by atoms with Gasteiger partial charge in [-0.3, -0.25) is 0 Å². The van der Waals surface area contributed by atoms with E-state index in [4.69, 9.17) is 4.98 Å². The minimum atomic E-state index is -0.0404. The molecule has 0 bridgehead atoms. The molecule has 0 spiro atoms. The lowest BCUT2D eigenvalue weighted by Gasteiger charge is -2.36. The number of hydrogen-bond donors (Lipinski definition) is 1. The average Bonchev–Trinajstić information content (AvgIpc) is 2.75. The fourth-order valence-corrected chi connectivity index (χ4v) is 3.91. The number of benzene rings is 1. The summed E-state index contributed by atoms with van der Waals surface area (Å²) in [6.45, 7) is 9.06. The van der Waals surface area contributed by atoms with Crippen LogP contribution in [0.1, 0.15) is 30.5 Å². The molecule has 2 saturated heterocycles. The number of amides is 2. The summed E-state index contributed by atoms with van der Waals surface area (Å²) >= 11 is 0. The van der Waals surface area contributed by atoms with Crippen molar-refractivity contribution in [3.8, 4) is 0 Å². The topological polar surface area (TPSA) is 64.6 Å². The third kappa shape index (κ3) is 4.78. The van der Waals surface area contributed by atoms with Crippen molar-refractivity contribution in [2.75, 3.05) is 54.4 Å². The van der Waals surface area contributed by atoms with Crippen molar-refractivity contribution in [1.82, 2.24) is 14.9 Å². The molecule has 2 fully saturated rings. The molecule has 0 unspecified atom stereocenters. The van der Waals surface area contributed by atoms with E-state index in [2.05, 4.69) is 26.2 Å². The van der Waals surface area contributed by atoms with Crippen molar-refractivity contribution in [2.24, 2.45) is 0 Å². The Hall–Kier alpha value is -2.83. The molecule has 2 aliphatic heterocycles. The molecule has 0 saturated carbocycles. The average molecular weight is 395 g/mol. The van der Waals surface area contributed by atoms with Gasteiger partial charge >= 0.3 is 6.03 Å². The van der Waals surface area contributed by atoms with Gasteiger partial charge in [-0.05, 0) is 45.2 Å². The Kier molecular flexibility index (Phi) is 5.83. The highest BCUT2D eigenvalue weighted by atomic mass is 16.2. The van der Waals surface area contributed by atoms with Crippen LogP contribution in [0.4, 0.5) is 22.2 Å². The fourth-order valence-electron chi connectivity index (χ4n) is 3.91. The Bertz CT molecular complexity index is 839. The predicted octanol–water partition coefficient (Wildman–Crippen LogP) is 3.44. The molecule has 154 valence electrons. The number of nitrogens with one attached hydrogen (secondary N) is 1. The lowest BCUT2D eigenvalue weighted by molar-refractivity contribution is 0.208. The number of urea groups is 1. The van der Waals surface area contributed by atoms with E-state index in [9.17, 15) is 4.79 Å². The monoisotopic (exact) mass is 394 g/mol. The Labute approximate surface area is 172 Å². The van der Waals surface area contributed by atoms with E-state index >= 15 is 0 Å². The van der Waals surface area contributed by atoms with E-state index in [1.165, 1.54) is 24.8 Å². The molecule has 29 heavy (non-hydrogen) atoms. The van der Waals surface area contributed by atoms with Crippen molar-refractivity contribution in [3.05, 3.63) is 41.6 Å². The molecule has 0 aliphatic carbocycles. The van der Waals surface area contributed by atoms with Crippen LogP contribution in [0.3, 0.4) is 0 Å². The second-order valence-corrected chi connectivity index (χ2v) is 7.99. The van der Waals surface area contributed by atoms with E-state index in [0.717, 1.165) is 49.3 Å². The van der Waals surface area contributed by atoms with Gasteiger partial charge in [0.2, 0.25) is 5.95 Å². The summed E-state index contributed by atoms with van der Waals surface area (Å²) in [5.74, 6) is 1.82. The van der Waals surface area contributed by atoms with Gasteiger partial charge in [0, 0.05) is 56.7 Å². The first-order valence-corrected chi connectivity index (χ1v) is 10.6. The van der Waals surface area contributed by atoms with E-state index in [1.807, 2.05) is 43.0 Å². The van der Waals surface area contributed by atoms with Crippen molar-refractivity contribution in [3.63, 3.8) is 0 Å². The zero-order valence-electron chi connectivity index (χ0n) is 17.4. The van der Waals surface area contributed by atoms with Gasteiger partial charge in [-0.1, -0.05) is 17.7 Å². The normalized spacial score (nSPS) is 17.4. The number of aromatic nitrogens is 2. The Morgan fingerprint density at radius 2 is 1.55 bits per heavy atom. The maximum atomic E-state index is 12.6. The largest absolute Gasteiger partial charge is 0.353 e. The maximum Gasteiger partial charge on any atom is 0.321 e. The van der Waals surface area contributed by atoms with Gasteiger partial charge in [0.15, 0.2) is 0 Å². The van der Waals surface area contributed by atoms with Crippen LogP contribution in [0.2, 0.25) is 0 Å². The molecule has 4 rings (SSSR count). The fraction of sp³-hybridized carbons (Fsp3) is 0.500. The van der Waals surface area contributed by atoms with Crippen LogP contribution < -0.4 is 15.1 Å². The first kappa shape index (κ1) is 19.5. The predicted molar refractivity (Wildman–Crippen MR) is 117 cm³/mol. The summed E-state index contributed by atoms with van der Waals surface area (Å²) in [4.78, 5) is 28.5. The highest BCUT2D eigenvalue weighted by Crippen LogP contribution is 2.22. The van der Waals surface area contributed by atoms with E-state index in [1.54, 1.807) is 0 Å². The molecule has 7 nitrogen and oxygen atoms in total. The molecule has 3 heterocycles. The quantitative estimate of drug-likeness (QED) is 0.864. The molecule has 1 aromatic carbocycles. The lowest BCUT2D eigenvalue weighted by atomic mass is 10.1. The van der Waals surface area contributed by atoms with Crippen LogP contribution in [0.5, 0.6) is 0 Å². The van der Waals surface area contributed by atoms with Crippen molar-refractivity contribution in [2.45, 2.75) is 33.1 Å². The van der Waals surface area contributed by atoms with Crippen LogP contribution in [0, 0.1) is 13.8 Å². The van der Waals surface area contributed by atoms with Crippen molar-refractivity contribution < 1.29 is 4.79 Å². The standard InChI is InChI=1S/C22H30N6O/c1-17-6-8-19(9-7-17)24-22(29)28-14-12-26(13-15-28)20-16-18(2)23-21(25-20)27-10-4-3-5-11-27/h6-9,16H,3-5,10-15H2,1-2H3,(H,24,29). The zero-order valence-corrected chi connectivity index (χ0v) is 17.4. The second kappa shape index (κ2) is 8.68. The number of carbonyl (C=O) groups is 1. The summed E-state index contributed by atoms with van der Waals surface area (Å²) in [6.07, 6.45) is 3.71. The zero-order chi connectivity index (χ0) is 20.2. The number of hydrogen-bond acceptors (Lipinski definition) is 5. The number of rotatable bonds is 3. The van der Waals surface area contributed by atoms with Gasteiger partial charge in [0.05, 0.1) is 0 Å². The van der Waals surface area contributed by atoms with Gasteiger partial charge in [-0.2, -0.15) is 4.98 Å². The Balaban J connectivity index is 1.37. The van der Waals surface area contributed by atoms with Gasteiger partial charge in [0.1, 0.15) is 5.82 Å². The minimum absolute atomic E-state index is 0.0404. The van der Waals surface area contributed by atoms with Crippen LogP contribution in [0.25, 0.3) is 0 Å². The summed E-state index contributed by atoms with van der Waals surface area (Å²) in [5, 5.41) is 2.99. The number of carbonyl (C=O) groups excluding carboxylic acids is 1. The van der Waals surface area contributed by atoms with E-state index in [-0.39, 0.29) is 6.03 Å². The van der Waals surface area contributed by atoms with Crippen LogP contribution >= 0.6 is 0 Å². The lowest BCUT2D eigenvalue weighted by Crippen LogP contribution is -2.50. The first-order valence-electron chi connectivity index (χ1n) is 10.6. The first-order chi connectivity index (χ1) is 14.1. The van der Waals surface area contributed by atoms with Crippen LogP contribution in [0.15, 0.2) is 30.3 Å². The third-order valence-electron chi connectivity index (χ3n) is 5.66. The smallest absolute Gasteiger partial charge is 0.321 e. The number of piperidine rings is 1. The molecule has 1 aromatic heterocycles. The second-order valence-electron chi connectivity index (χ2n) is 7.99. The van der Waals surface area contributed by atoms with E-state index < -0.39 is 0 Å². The minimum Gasteiger partial charge on any atom is -0.353 e. The van der Waals surface area contributed by atoms with Crippen molar-refractivity contribution >= 4 is 23.5 Å². The third-order valence-corrected chi connectivity index (χ3v) is 5.66. The number of aryl methyl sites for hydroxylation is 2. The number of nitrogens with zero attached hydrogens (tertiary/aromatic N) is 5. The number of anilines is 3. The summed E-state index contributed by atoms with van der Waals surface area (Å²) in [7, 11) is 0. The van der Waals surface area contributed by atoms with Crippen molar-refractivity contribution in [1.29, 1.82) is 0 Å². The van der Waals surface area contributed by atoms with E-state index in [0.29, 0.717) is 13.1 Å². The number of piperazine rings is 1. The summed E-state index contributed by atoms with van der Waals surface area (Å²) in [5.41, 5.74) is 3.01. The summed E-state index contributed by atoms with van der Waals surface area (Å²) in [6, 6.07) is 9.90. The highest BCUT2D eigenvalue weighted by molar-refractivity contribution is 5.89. The molecular formula is C22H30N6O. The molecule has 2 aromatic rings. The van der Waals surface area contributed by atoms with Gasteiger partial charge in [0.25, 0.3) is 0 Å². The Morgan fingerprint density at radius 1 is 0.862 bits per heavy atom. The SMILES string of the molecule is Cc1ccc(NC(=O)N2CCN(c3cc(C)nc(N4CCCCC4)n3)CC2)cc1. The molecular weight excluding hydrogens is 364 g/mol. The van der Waals surface area contributed by atoms with Gasteiger partial charge < -0.3 is 20.0 Å². The van der Waals surface area contributed by atoms with Crippen LogP contribution in [-0.2, 0) is 0 Å². The molecule has 0 radical (unpaired) electrons. The van der Waals surface area contributed by atoms with Gasteiger partial charge in [-0.25, -0.2) is 9.78 Å². The molecule has 1 N–H and O–H groups in total. The Morgan fingerprint density at radius 3 is 2.24 bits per heavy atom.